The van der Waals surface area contributed by atoms with E-state index in [-0.39, 0.29) is 11.5 Å². The molecule has 123 valence electrons. The van der Waals surface area contributed by atoms with Crippen LogP contribution in [0.25, 0.3) is 0 Å². The van der Waals surface area contributed by atoms with Gasteiger partial charge in [-0.25, -0.2) is 0 Å². The summed E-state index contributed by atoms with van der Waals surface area (Å²) in [5, 5.41) is 0. The largest absolute Gasteiger partial charge is 0.312 e. The van der Waals surface area contributed by atoms with Gasteiger partial charge in [-0.1, -0.05) is 83.4 Å². The molecule has 0 aliphatic heterocycles. The van der Waals surface area contributed by atoms with E-state index in [1.165, 1.54) is 17.5 Å². The van der Waals surface area contributed by atoms with Gasteiger partial charge in [0.05, 0.1) is 5.68 Å². The molecule has 0 saturated carbocycles. The average molecular weight is 301 g/mol. The first-order chi connectivity index (χ1) is 10.2. The lowest BCUT2D eigenvalue weighted by Gasteiger charge is -2.19. The fraction of sp³-hybridized carbons (Fsp3) is 0.650. The molecule has 1 rings (SSSR count). The lowest BCUT2D eigenvalue weighted by atomic mass is 9.55. The minimum atomic E-state index is 0.148. The van der Waals surface area contributed by atoms with Crippen molar-refractivity contribution in [1.82, 2.24) is 0 Å². The van der Waals surface area contributed by atoms with Crippen molar-refractivity contribution in [2.24, 2.45) is 17.8 Å². The van der Waals surface area contributed by atoms with Crippen molar-refractivity contribution in [1.29, 1.82) is 0 Å². The Kier molecular flexibility index (Phi) is 10.1. The summed E-state index contributed by atoms with van der Waals surface area (Å²) >= 11 is 0. The second kappa shape index (κ2) is 10.6. The highest BCUT2D eigenvalue weighted by molar-refractivity contribution is 6.74. The van der Waals surface area contributed by atoms with Crippen molar-refractivity contribution in [3.05, 3.63) is 35.4 Å². The molecule has 0 spiro atoms. The number of hydrogen-bond donors (Lipinski definition) is 0. The number of rotatable bonds is 6. The van der Waals surface area contributed by atoms with Crippen LogP contribution >= 0.6 is 0 Å². The fourth-order valence-electron chi connectivity index (χ4n) is 2.28. The summed E-state index contributed by atoms with van der Waals surface area (Å²) in [6.07, 6.45) is 1.32. The lowest BCUT2D eigenvalue weighted by Crippen LogP contribution is -2.20. The Labute approximate surface area is 139 Å². The normalized spacial score (nSPS) is 13.4. The molecule has 0 saturated heterocycles. The number of carbonyl (C=O) groups excluding carboxylic acids is 1. The zero-order valence-corrected chi connectivity index (χ0v) is 15.8. The minimum Gasteiger partial charge on any atom is -0.312 e. The molecule has 0 aliphatic carbocycles. The zero-order valence-electron chi connectivity index (χ0n) is 15.8. The third-order valence-corrected chi connectivity index (χ3v) is 4.34. The summed E-state index contributed by atoms with van der Waals surface area (Å²) in [7, 11) is 1.82. The Morgan fingerprint density at radius 3 is 2.00 bits per heavy atom. The summed E-state index contributed by atoms with van der Waals surface area (Å²) in [5.74, 6) is 2.46. The Morgan fingerprint density at radius 1 is 1.09 bits per heavy atom. The first-order valence-electron chi connectivity index (χ1n) is 8.60. The molecule has 0 N–H and O–H groups in total. The molecule has 1 aromatic carbocycles. The van der Waals surface area contributed by atoms with Crippen molar-refractivity contribution in [3.63, 3.8) is 0 Å². The maximum atomic E-state index is 11.2. The predicted octanol–water partition coefficient (Wildman–Crippen LogP) is 5.63. The summed E-state index contributed by atoms with van der Waals surface area (Å²) in [6, 6.07) is 8.38. The summed E-state index contributed by atoms with van der Waals surface area (Å²) in [4.78, 5) is 11.2. The highest BCUT2D eigenvalue weighted by Crippen LogP contribution is 2.24. The third-order valence-electron chi connectivity index (χ3n) is 4.34. The second-order valence-electron chi connectivity index (χ2n) is 7.09. The molecule has 1 aromatic rings. The van der Waals surface area contributed by atoms with Crippen molar-refractivity contribution < 1.29 is 4.79 Å². The maximum absolute atomic E-state index is 11.2. The van der Waals surface area contributed by atoms with Crippen LogP contribution in [-0.4, -0.2) is 13.0 Å². The van der Waals surface area contributed by atoms with Crippen LogP contribution in [-0.2, 0) is 4.79 Å². The van der Waals surface area contributed by atoms with E-state index in [4.69, 9.17) is 0 Å². The first kappa shape index (κ1) is 21.0. The number of benzene rings is 1. The van der Waals surface area contributed by atoms with Gasteiger partial charge < -0.3 is 4.79 Å². The highest BCUT2D eigenvalue weighted by atomic mass is 16.1. The smallest absolute Gasteiger partial charge is 0.210 e. The molecule has 0 heterocycles. The minimum absolute atomic E-state index is 0.148. The maximum Gasteiger partial charge on any atom is 0.210 e. The summed E-state index contributed by atoms with van der Waals surface area (Å²) in [6.45, 7) is 17.1. The lowest BCUT2D eigenvalue weighted by molar-refractivity contribution is -0.110. The molecule has 0 amide bonds. The number of aryl methyl sites for hydroxylation is 1. The summed E-state index contributed by atoms with van der Waals surface area (Å²) in [5.41, 5.74) is 2.63. The van der Waals surface area contributed by atoms with Gasteiger partial charge >= 0.3 is 0 Å². The molecule has 1 radical (unpaired) electrons. The van der Waals surface area contributed by atoms with Crippen molar-refractivity contribution in [3.8, 4) is 0 Å². The van der Waals surface area contributed by atoms with Crippen molar-refractivity contribution >= 4 is 13.0 Å². The molecule has 2 heteroatoms. The monoisotopic (exact) mass is 301 g/mol. The molecule has 1 nitrogen and oxygen atoms in total. The van der Waals surface area contributed by atoms with Gasteiger partial charge in [0.15, 0.2) is 0 Å². The summed E-state index contributed by atoms with van der Waals surface area (Å²) < 4.78 is 0. The molecule has 2 atom stereocenters. The van der Waals surface area contributed by atoms with Gasteiger partial charge in [-0.3, -0.25) is 0 Å². The van der Waals surface area contributed by atoms with E-state index in [1.807, 2.05) is 13.3 Å². The van der Waals surface area contributed by atoms with Crippen LogP contribution in [0, 0.1) is 24.7 Å². The Bertz CT molecular complexity index is 437. The zero-order chi connectivity index (χ0) is 17.3. The van der Waals surface area contributed by atoms with E-state index >= 15 is 0 Å². The molecular weight excluding hydrogens is 267 g/mol. The van der Waals surface area contributed by atoms with Crippen molar-refractivity contribution in [2.45, 2.75) is 67.6 Å². The van der Waals surface area contributed by atoms with E-state index in [0.717, 1.165) is 11.8 Å². The van der Waals surface area contributed by atoms with Crippen LogP contribution in [0.3, 0.4) is 0 Å². The van der Waals surface area contributed by atoms with Gasteiger partial charge in [0.2, 0.25) is 7.28 Å². The fourth-order valence-corrected chi connectivity index (χ4v) is 2.28. The van der Waals surface area contributed by atoms with Crippen LogP contribution in [0.15, 0.2) is 24.3 Å². The molecule has 22 heavy (non-hydrogen) atoms. The Hall–Kier alpha value is -1.05. The molecule has 0 bridgehead atoms. The molecule has 0 aliphatic rings. The van der Waals surface area contributed by atoms with Gasteiger partial charge in [-0.15, -0.1) is 0 Å². The molecule has 2 unspecified atom stereocenters. The van der Waals surface area contributed by atoms with Crippen molar-refractivity contribution in [2.75, 3.05) is 0 Å². The van der Waals surface area contributed by atoms with E-state index in [1.54, 1.807) is 6.92 Å². The number of carbonyl (C=O) groups is 1. The average Bonchev–Trinajstić information content (AvgIpc) is 2.43. The number of hydrogen-bond acceptors (Lipinski definition) is 1. The third kappa shape index (κ3) is 8.41. The Morgan fingerprint density at radius 2 is 1.68 bits per heavy atom. The van der Waals surface area contributed by atoms with Gasteiger partial charge in [-0.05, 0) is 37.4 Å². The molecule has 0 fully saturated rings. The first-order valence-corrected chi connectivity index (χ1v) is 8.60. The van der Waals surface area contributed by atoms with Crippen LogP contribution in [0.2, 0.25) is 0 Å². The Balaban J connectivity index is 0.000000534. The van der Waals surface area contributed by atoms with Crippen LogP contribution in [0.1, 0.15) is 71.8 Å². The standard InChI is InChI=1S/C13H18BO.C7H16/c1-9(2)13(14-11(4)15)12-7-5-6-10(3)8-12;1-5-7(4)6(2)3/h5-9,13H,1-4H3;6-7H,5H2,1-4H3. The van der Waals surface area contributed by atoms with E-state index in [0.29, 0.717) is 5.92 Å². The van der Waals surface area contributed by atoms with E-state index in [9.17, 15) is 4.79 Å². The molecular formula is C20H34BO. The molecule has 0 aromatic heterocycles. The predicted molar refractivity (Wildman–Crippen MR) is 99.5 cm³/mol. The SMILES string of the molecule is CC(=O)[B]C(c1cccc(C)c1)C(C)C.CCC(C)C(C)C. The van der Waals surface area contributed by atoms with Crippen LogP contribution in [0.5, 0.6) is 0 Å². The van der Waals surface area contributed by atoms with E-state index in [2.05, 4.69) is 66.7 Å². The van der Waals surface area contributed by atoms with E-state index < -0.39 is 0 Å². The van der Waals surface area contributed by atoms with Gasteiger partial charge in [0.25, 0.3) is 0 Å². The van der Waals surface area contributed by atoms with Crippen LogP contribution < -0.4 is 0 Å². The van der Waals surface area contributed by atoms with Gasteiger partial charge in [0.1, 0.15) is 0 Å². The second-order valence-corrected chi connectivity index (χ2v) is 7.09. The van der Waals surface area contributed by atoms with Gasteiger partial charge in [0, 0.05) is 0 Å². The topological polar surface area (TPSA) is 17.1 Å². The quantitative estimate of drug-likeness (QED) is 0.622. The van der Waals surface area contributed by atoms with Gasteiger partial charge in [-0.2, -0.15) is 0 Å². The van der Waals surface area contributed by atoms with Crippen LogP contribution in [0.4, 0.5) is 0 Å². The highest BCUT2D eigenvalue weighted by Gasteiger charge is 2.19.